The maximum Gasteiger partial charge on any atom is 0.203 e. The van der Waals surface area contributed by atoms with Gasteiger partial charge in [0.25, 0.3) is 0 Å². The van der Waals surface area contributed by atoms with Gasteiger partial charge in [-0.15, -0.1) is 11.3 Å². The van der Waals surface area contributed by atoms with Crippen LogP contribution in [-0.2, 0) is 13.1 Å². The van der Waals surface area contributed by atoms with Crippen molar-refractivity contribution < 1.29 is 14.2 Å². The number of hydrogen-bond acceptors (Lipinski definition) is 6. The Bertz CT molecular complexity index is 544. The molecule has 5 nitrogen and oxygen atoms in total. The van der Waals surface area contributed by atoms with Crippen molar-refractivity contribution in [3.63, 3.8) is 0 Å². The second kappa shape index (κ2) is 7.12. The van der Waals surface area contributed by atoms with Gasteiger partial charge in [0, 0.05) is 24.0 Å². The third-order valence-corrected chi connectivity index (χ3v) is 3.53. The second-order valence-electron chi connectivity index (χ2n) is 4.08. The lowest BCUT2D eigenvalue weighted by Gasteiger charge is -2.15. The summed E-state index contributed by atoms with van der Waals surface area (Å²) in [6.07, 6.45) is 0. The zero-order chi connectivity index (χ0) is 14.4. The second-order valence-corrected chi connectivity index (χ2v) is 4.80. The molecule has 108 valence electrons. The molecule has 0 saturated heterocycles. The number of hydrogen-bond donors (Lipinski definition) is 1. The van der Waals surface area contributed by atoms with E-state index in [4.69, 9.17) is 14.2 Å². The highest BCUT2D eigenvalue weighted by atomic mass is 32.1. The molecule has 1 aromatic heterocycles. The van der Waals surface area contributed by atoms with Gasteiger partial charge in [0.05, 0.1) is 32.5 Å². The number of methoxy groups -OCH3 is 3. The Hall–Kier alpha value is -1.79. The summed E-state index contributed by atoms with van der Waals surface area (Å²) in [6, 6.07) is 3.84. The Morgan fingerprint density at radius 1 is 1.05 bits per heavy atom. The normalized spacial score (nSPS) is 10.3. The maximum absolute atomic E-state index is 5.44. The number of nitrogens with one attached hydrogen (secondary N) is 1. The smallest absolute Gasteiger partial charge is 0.203 e. The van der Waals surface area contributed by atoms with Gasteiger partial charge in [-0.25, -0.2) is 4.98 Å². The molecule has 1 heterocycles. The first kappa shape index (κ1) is 14.6. The van der Waals surface area contributed by atoms with Crippen LogP contribution < -0.4 is 19.5 Å². The lowest BCUT2D eigenvalue weighted by Crippen LogP contribution is -2.14. The first-order valence-electron chi connectivity index (χ1n) is 6.15. The summed E-state index contributed by atoms with van der Waals surface area (Å²) < 4.78 is 16.1. The van der Waals surface area contributed by atoms with Crippen molar-refractivity contribution in [2.45, 2.75) is 13.1 Å². The molecule has 2 rings (SSSR count). The van der Waals surface area contributed by atoms with E-state index in [-0.39, 0.29) is 0 Å². The van der Waals surface area contributed by atoms with Gasteiger partial charge >= 0.3 is 0 Å². The molecule has 0 spiro atoms. The topological polar surface area (TPSA) is 52.6 Å². The summed E-state index contributed by atoms with van der Waals surface area (Å²) in [5.74, 6) is 1.97. The van der Waals surface area contributed by atoms with Gasteiger partial charge in [-0.3, -0.25) is 0 Å². The summed E-state index contributed by atoms with van der Waals surface area (Å²) >= 11 is 1.59. The van der Waals surface area contributed by atoms with Crippen molar-refractivity contribution in [3.05, 3.63) is 34.3 Å². The average Bonchev–Trinajstić information content (AvgIpc) is 2.99. The predicted molar refractivity (Wildman–Crippen MR) is 78.8 cm³/mol. The van der Waals surface area contributed by atoms with E-state index >= 15 is 0 Å². The number of ether oxygens (including phenoxy) is 3. The Kier molecular flexibility index (Phi) is 5.20. The van der Waals surface area contributed by atoms with Crippen molar-refractivity contribution >= 4 is 11.3 Å². The van der Waals surface area contributed by atoms with Crippen LogP contribution in [0, 0.1) is 0 Å². The Labute approximate surface area is 122 Å². The fourth-order valence-electron chi connectivity index (χ4n) is 1.95. The predicted octanol–water partition coefficient (Wildman–Crippen LogP) is 2.46. The van der Waals surface area contributed by atoms with Crippen LogP contribution in [0.3, 0.4) is 0 Å². The quantitative estimate of drug-likeness (QED) is 0.850. The fraction of sp³-hybridized carbons (Fsp3) is 0.357. The molecule has 2 aromatic rings. The maximum atomic E-state index is 5.44. The minimum atomic E-state index is 0.614. The van der Waals surface area contributed by atoms with E-state index in [1.165, 1.54) is 0 Å². The zero-order valence-corrected chi connectivity index (χ0v) is 12.6. The lowest BCUT2D eigenvalue weighted by atomic mass is 10.1. The molecule has 0 saturated carbocycles. The van der Waals surface area contributed by atoms with Gasteiger partial charge in [-0.1, -0.05) is 6.07 Å². The fourth-order valence-corrected chi connectivity index (χ4v) is 2.51. The van der Waals surface area contributed by atoms with Crippen molar-refractivity contribution in [3.8, 4) is 17.2 Å². The van der Waals surface area contributed by atoms with Gasteiger partial charge in [-0.05, 0) is 6.07 Å². The Balaban J connectivity index is 2.10. The van der Waals surface area contributed by atoms with Gasteiger partial charge in [0.2, 0.25) is 5.75 Å². The van der Waals surface area contributed by atoms with E-state index in [2.05, 4.69) is 10.3 Å². The number of aromatic nitrogens is 1. The SMILES string of the molecule is COc1ccc(CNCc2cscn2)c(OC)c1OC. The van der Waals surface area contributed by atoms with Crippen molar-refractivity contribution in [2.75, 3.05) is 21.3 Å². The van der Waals surface area contributed by atoms with Crippen molar-refractivity contribution in [2.24, 2.45) is 0 Å². The zero-order valence-electron chi connectivity index (χ0n) is 11.8. The summed E-state index contributed by atoms with van der Waals surface area (Å²) in [6.45, 7) is 1.39. The van der Waals surface area contributed by atoms with E-state index < -0.39 is 0 Å². The molecule has 20 heavy (non-hydrogen) atoms. The molecule has 0 radical (unpaired) electrons. The van der Waals surface area contributed by atoms with Crippen molar-refractivity contribution in [1.29, 1.82) is 0 Å². The van der Waals surface area contributed by atoms with Gasteiger partial charge in [0.15, 0.2) is 11.5 Å². The molecule has 0 unspecified atom stereocenters. The first-order chi connectivity index (χ1) is 9.80. The molecule has 0 amide bonds. The Morgan fingerprint density at radius 2 is 1.85 bits per heavy atom. The molecule has 0 aliphatic carbocycles. The van der Waals surface area contributed by atoms with Crippen molar-refractivity contribution in [1.82, 2.24) is 10.3 Å². The molecule has 0 aliphatic heterocycles. The van der Waals surface area contributed by atoms with E-state index in [0.717, 1.165) is 17.8 Å². The average molecular weight is 294 g/mol. The van der Waals surface area contributed by atoms with E-state index in [1.807, 2.05) is 23.0 Å². The highest BCUT2D eigenvalue weighted by Crippen LogP contribution is 2.39. The lowest BCUT2D eigenvalue weighted by molar-refractivity contribution is 0.321. The molecule has 0 fully saturated rings. The number of rotatable bonds is 7. The standard InChI is InChI=1S/C14H18N2O3S/c1-17-12-5-4-10(13(18-2)14(12)19-3)6-15-7-11-8-20-9-16-11/h4-5,8-9,15H,6-7H2,1-3H3. The largest absolute Gasteiger partial charge is 0.493 e. The molecular weight excluding hydrogens is 276 g/mol. The number of nitrogens with zero attached hydrogens (tertiary/aromatic N) is 1. The highest BCUT2D eigenvalue weighted by molar-refractivity contribution is 7.07. The molecule has 0 atom stereocenters. The molecule has 0 aliphatic rings. The summed E-state index contributed by atoms with van der Waals surface area (Å²) in [7, 11) is 4.84. The van der Waals surface area contributed by atoms with E-state index in [9.17, 15) is 0 Å². The van der Waals surface area contributed by atoms with Crippen LogP contribution in [-0.4, -0.2) is 26.3 Å². The number of benzene rings is 1. The van der Waals surface area contributed by atoms with E-state index in [0.29, 0.717) is 23.8 Å². The third kappa shape index (κ3) is 3.20. The van der Waals surface area contributed by atoms with Gasteiger partial charge < -0.3 is 19.5 Å². The molecule has 0 bridgehead atoms. The molecule has 1 aromatic carbocycles. The minimum absolute atomic E-state index is 0.614. The van der Waals surface area contributed by atoms with Gasteiger partial charge in [-0.2, -0.15) is 0 Å². The monoisotopic (exact) mass is 294 g/mol. The summed E-state index contributed by atoms with van der Waals surface area (Å²) in [4.78, 5) is 4.23. The third-order valence-electron chi connectivity index (χ3n) is 2.89. The summed E-state index contributed by atoms with van der Waals surface area (Å²) in [5.41, 5.74) is 3.88. The van der Waals surface area contributed by atoms with Gasteiger partial charge in [0.1, 0.15) is 0 Å². The van der Waals surface area contributed by atoms with Crippen LogP contribution in [0.25, 0.3) is 0 Å². The first-order valence-corrected chi connectivity index (χ1v) is 7.10. The van der Waals surface area contributed by atoms with Crippen LogP contribution >= 0.6 is 11.3 Å². The van der Waals surface area contributed by atoms with Crippen LogP contribution in [0.4, 0.5) is 0 Å². The summed E-state index contributed by atoms with van der Waals surface area (Å²) in [5, 5.41) is 5.36. The van der Waals surface area contributed by atoms with E-state index in [1.54, 1.807) is 32.7 Å². The van der Waals surface area contributed by atoms with Crippen LogP contribution in [0.2, 0.25) is 0 Å². The van der Waals surface area contributed by atoms with Crippen LogP contribution in [0.15, 0.2) is 23.0 Å². The Morgan fingerprint density at radius 3 is 2.45 bits per heavy atom. The van der Waals surface area contributed by atoms with Crippen LogP contribution in [0.5, 0.6) is 17.2 Å². The molecule has 6 heteroatoms. The molecular formula is C14H18N2O3S. The minimum Gasteiger partial charge on any atom is -0.493 e. The van der Waals surface area contributed by atoms with Crippen LogP contribution in [0.1, 0.15) is 11.3 Å². The highest BCUT2D eigenvalue weighted by Gasteiger charge is 2.15. The molecule has 1 N–H and O–H groups in total. The number of thiazole rings is 1.